The number of benzene rings is 2. The molecular weight excluding hydrogens is 422 g/mol. The van der Waals surface area contributed by atoms with E-state index in [9.17, 15) is 9.59 Å². The molecule has 3 rings (SSSR count). The average Bonchev–Trinajstić information content (AvgIpc) is 2.70. The fourth-order valence-corrected chi connectivity index (χ4v) is 3.17. The minimum absolute atomic E-state index is 0.0258. The minimum Gasteiger partial charge on any atom is -0.481 e. The predicted octanol–water partition coefficient (Wildman–Crippen LogP) is 3.24. The third kappa shape index (κ3) is 5.33. The molecule has 6 nitrogen and oxygen atoms in total. The van der Waals surface area contributed by atoms with Crippen LogP contribution in [0.5, 0.6) is 5.75 Å². The van der Waals surface area contributed by atoms with Crippen LogP contribution < -0.4 is 10.1 Å². The van der Waals surface area contributed by atoms with Gasteiger partial charge in [0.2, 0.25) is 0 Å². The number of carbonyl (C=O) groups excluding carboxylic acids is 2. The second-order valence-corrected chi connectivity index (χ2v) is 7.79. The Morgan fingerprint density at radius 1 is 1.00 bits per heavy atom. The van der Waals surface area contributed by atoms with Crippen LogP contribution in [0.15, 0.2) is 53.0 Å². The van der Waals surface area contributed by atoms with Gasteiger partial charge in [0.1, 0.15) is 5.75 Å². The Bertz CT molecular complexity index is 816. The molecule has 1 fully saturated rings. The first-order valence-electron chi connectivity index (χ1n) is 9.23. The van der Waals surface area contributed by atoms with Crippen LogP contribution in [0, 0.1) is 0 Å². The van der Waals surface area contributed by atoms with Crippen molar-refractivity contribution in [2.45, 2.75) is 13.0 Å². The monoisotopic (exact) mass is 445 g/mol. The van der Waals surface area contributed by atoms with Gasteiger partial charge in [-0.15, -0.1) is 0 Å². The van der Waals surface area contributed by atoms with Crippen molar-refractivity contribution in [2.75, 3.05) is 38.5 Å². The van der Waals surface area contributed by atoms with Gasteiger partial charge < -0.3 is 19.9 Å². The molecule has 1 unspecified atom stereocenters. The molecule has 0 bridgehead atoms. The van der Waals surface area contributed by atoms with Gasteiger partial charge in [-0.3, -0.25) is 9.59 Å². The van der Waals surface area contributed by atoms with Gasteiger partial charge in [0.15, 0.2) is 6.10 Å². The number of anilines is 1. The number of hydrogen-bond donors (Lipinski definition) is 1. The average molecular weight is 446 g/mol. The maximum Gasteiger partial charge on any atom is 0.265 e. The Kier molecular flexibility index (Phi) is 6.70. The van der Waals surface area contributed by atoms with Crippen LogP contribution >= 0.6 is 15.9 Å². The number of likely N-dealkylation sites (N-methyl/N-ethyl adjacent to an activating group) is 1. The highest BCUT2D eigenvalue weighted by Gasteiger charge is 2.20. The Labute approximate surface area is 173 Å². The van der Waals surface area contributed by atoms with Crippen LogP contribution in [0.1, 0.15) is 17.3 Å². The van der Waals surface area contributed by atoms with E-state index in [0.717, 1.165) is 30.7 Å². The molecule has 7 heteroatoms. The normalized spacial score (nSPS) is 15.8. The summed E-state index contributed by atoms with van der Waals surface area (Å²) in [6, 6.07) is 14.3. The van der Waals surface area contributed by atoms with Crippen molar-refractivity contribution in [3.8, 4) is 5.75 Å². The topological polar surface area (TPSA) is 61.9 Å². The molecule has 1 aliphatic heterocycles. The zero-order valence-electron chi connectivity index (χ0n) is 16.0. The number of piperazine rings is 1. The molecule has 0 saturated carbocycles. The Morgan fingerprint density at radius 3 is 2.21 bits per heavy atom. The van der Waals surface area contributed by atoms with Crippen LogP contribution in [0.2, 0.25) is 0 Å². The molecule has 1 heterocycles. The van der Waals surface area contributed by atoms with E-state index in [-0.39, 0.29) is 11.8 Å². The van der Waals surface area contributed by atoms with E-state index in [2.05, 4.69) is 33.2 Å². The van der Waals surface area contributed by atoms with E-state index in [0.29, 0.717) is 17.0 Å². The molecule has 2 aromatic carbocycles. The molecule has 148 valence electrons. The molecule has 1 N–H and O–H groups in total. The number of amides is 2. The highest BCUT2D eigenvalue weighted by atomic mass is 79.9. The molecule has 1 saturated heterocycles. The number of nitrogens with zero attached hydrogens (tertiary/aromatic N) is 2. The Balaban J connectivity index is 1.55. The summed E-state index contributed by atoms with van der Waals surface area (Å²) in [5.41, 5.74) is 1.26. The molecule has 0 radical (unpaired) electrons. The summed E-state index contributed by atoms with van der Waals surface area (Å²) in [4.78, 5) is 29.0. The lowest BCUT2D eigenvalue weighted by Gasteiger charge is -2.32. The van der Waals surface area contributed by atoms with Crippen molar-refractivity contribution in [2.24, 2.45) is 0 Å². The molecule has 1 aliphatic rings. The summed E-state index contributed by atoms with van der Waals surface area (Å²) in [6.45, 7) is 4.94. The van der Waals surface area contributed by atoms with Crippen molar-refractivity contribution in [3.05, 3.63) is 58.6 Å². The van der Waals surface area contributed by atoms with Crippen LogP contribution in [-0.2, 0) is 4.79 Å². The van der Waals surface area contributed by atoms with Gasteiger partial charge in [-0.05, 0) is 62.5 Å². The summed E-state index contributed by atoms with van der Waals surface area (Å²) in [6.07, 6.45) is -0.646. The maximum atomic E-state index is 12.6. The third-order valence-corrected chi connectivity index (χ3v) is 5.21. The summed E-state index contributed by atoms with van der Waals surface area (Å²) < 4.78 is 6.60. The molecule has 0 aliphatic carbocycles. The molecule has 28 heavy (non-hydrogen) atoms. The van der Waals surface area contributed by atoms with Crippen molar-refractivity contribution < 1.29 is 14.3 Å². The number of nitrogens with one attached hydrogen (secondary N) is 1. The summed E-state index contributed by atoms with van der Waals surface area (Å²) in [5, 5.41) is 2.82. The van der Waals surface area contributed by atoms with Gasteiger partial charge in [-0.25, -0.2) is 0 Å². The molecular formula is C21H24BrN3O3. The van der Waals surface area contributed by atoms with Crippen molar-refractivity contribution in [1.29, 1.82) is 0 Å². The summed E-state index contributed by atoms with van der Waals surface area (Å²) in [5.74, 6) is 0.401. The van der Waals surface area contributed by atoms with Gasteiger partial charge in [0.05, 0.1) is 0 Å². The zero-order valence-corrected chi connectivity index (χ0v) is 17.6. The first kappa shape index (κ1) is 20.4. The molecule has 2 amide bonds. The van der Waals surface area contributed by atoms with E-state index >= 15 is 0 Å². The van der Waals surface area contributed by atoms with E-state index in [4.69, 9.17) is 4.74 Å². The second kappa shape index (κ2) is 9.21. The van der Waals surface area contributed by atoms with Gasteiger partial charge >= 0.3 is 0 Å². The highest BCUT2D eigenvalue weighted by molar-refractivity contribution is 9.10. The van der Waals surface area contributed by atoms with Gasteiger partial charge in [0, 0.05) is 41.9 Å². The van der Waals surface area contributed by atoms with Crippen LogP contribution in [0.3, 0.4) is 0 Å². The van der Waals surface area contributed by atoms with Gasteiger partial charge in [-0.1, -0.05) is 15.9 Å². The number of ether oxygens (including phenoxy) is 1. The van der Waals surface area contributed by atoms with Crippen molar-refractivity contribution in [1.82, 2.24) is 9.80 Å². The molecule has 0 aromatic heterocycles. The molecule has 1 atom stereocenters. The quantitative estimate of drug-likeness (QED) is 0.766. The van der Waals surface area contributed by atoms with Gasteiger partial charge in [-0.2, -0.15) is 0 Å². The summed E-state index contributed by atoms with van der Waals surface area (Å²) >= 11 is 3.36. The van der Waals surface area contributed by atoms with Crippen LogP contribution in [-0.4, -0.2) is 60.9 Å². The van der Waals surface area contributed by atoms with E-state index < -0.39 is 6.10 Å². The highest BCUT2D eigenvalue weighted by Crippen LogP contribution is 2.18. The minimum atomic E-state index is -0.646. The number of halogens is 1. The standard InChI is InChI=1S/C21H24BrN3O3/c1-15(28-19-9-5-17(22)6-10-19)20(26)23-18-7-3-16(4-8-18)21(27)25-13-11-24(2)12-14-25/h3-10,15H,11-14H2,1-2H3,(H,23,26). The van der Waals surface area contributed by atoms with Crippen LogP contribution in [0.4, 0.5) is 5.69 Å². The summed E-state index contributed by atoms with van der Waals surface area (Å²) in [7, 11) is 2.06. The lowest BCUT2D eigenvalue weighted by atomic mass is 10.1. The second-order valence-electron chi connectivity index (χ2n) is 6.88. The Morgan fingerprint density at radius 2 is 1.61 bits per heavy atom. The fraction of sp³-hybridized carbons (Fsp3) is 0.333. The van der Waals surface area contributed by atoms with E-state index in [1.807, 2.05) is 17.0 Å². The third-order valence-electron chi connectivity index (χ3n) is 4.69. The predicted molar refractivity (Wildman–Crippen MR) is 113 cm³/mol. The number of rotatable bonds is 5. The first-order valence-corrected chi connectivity index (χ1v) is 10.0. The Hall–Kier alpha value is -2.38. The lowest BCUT2D eigenvalue weighted by molar-refractivity contribution is -0.122. The van der Waals surface area contributed by atoms with Crippen molar-refractivity contribution in [3.63, 3.8) is 0 Å². The number of carbonyl (C=O) groups is 2. The fourth-order valence-electron chi connectivity index (χ4n) is 2.90. The van der Waals surface area contributed by atoms with E-state index in [1.54, 1.807) is 43.3 Å². The van der Waals surface area contributed by atoms with Gasteiger partial charge in [0.25, 0.3) is 11.8 Å². The first-order chi connectivity index (χ1) is 13.4. The van der Waals surface area contributed by atoms with Crippen molar-refractivity contribution >= 4 is 33.4 Å². The maximum absolute atomic E-state index is 12.6. The zero-order chi connectivity index (χ0) is 20.1. The molecule has 2 aromatic rings. The molecule has 0 spiro atoms. The number of hydrogen-bond acceptors (Lipinski definition) is 4. The SMILES string of the molecule is CC(Oc1ccc(Br)cc1)C(=O)Nc1ccc(C(=O)N2CCN(C)CC2)cc1. The lowest BCUT2D eigenvalue weighted by Crippen LogP contribution is -2.47. The van der Waals surface area contributed by atoms with Crippen LogP contribution in [0.25, 0.3) is 0 Å². The largest absolute Gasteiger partial charge is 0.481 e. The van der Waals surface area contributed by atoms with E-state index in [1.165, 1.54) is 0 Å². The smallest absolute Gasteiger partial charge is 0.265 e.